The predicted octanol–water partition coefficient (Wildman–Crippen LogP) is 0.378. The molecule has 2 amide bonds. The number of hydrogen-bond donors (Lipinski definition) is 2. The maximum Gasteiger partial charge on any atom is 0.244 e. The number of rotatable bonds is 7. The number of aliphatic hydroxyl groups is 1. The third-order valence-electron chi connectivity index (χ3n) is 2.34. The van der Waals surface area contributed by atoms with Crippen molar-refractivity contribution in [3.05, 3.63) is 0 Å². The molecular weight excluding hydrogens is 220 g/mol. The van der Waals surface area contributed by atoms with Gasteiger partial charge in [0.15, 0.2) is 0 Å². The highest BCUT2D eigenvalue weighted by atomic mass is 16.3. The van der Waals surface area contributed by atoms with E-state index in [-0.39, 0.29) is 24.8 Å². The van der Waals surface area contributed by atoms with E-state index in [1.54, 1.807) is 14.1 Å². The van der Waals surface area contributed by atoms with Crippen LogP contribution in [-0.4, -0.2) is 48.6 Å². The van der Waals surface area contributed by atoms with Crippen LogP contribution in [0.5, 0.6) is 0 Å². The van der Waals surface area contributed by atoms with Gasteiger partial charge in [-0.2, -0.15) is 0 Å². The van der Waals surface area contributed by atoms with Crippen molar-refractivity contribution in [1.29, 1.82) is 0 Å². The average molecular weight is 244 g/mol. The Balaban J connectivity index is 4.38. The molecule has 0 aliphatic rings. The number of carbonyl (C=O) groups excluding carboxylic acids is 2. The summed E-state index contributed by atoms with van der Waals surface area (Å²) in [6, 6.07) is -0.462. The smallest absolute Gasteiger partial charge is 0.244 e. The van der Waals surface area contributed by atoms with Gasteiger partial charge in [0.1, 0.15) is 6.04 Å². The maximum atomic E-state index is 11.8. The van der Waals surface area contributed by atoms with Crippen LogP contribution >= 0.6 is 0 Å². The molecule has 1 atom stereocenters. The summed E-state index contributed by atoms with van der Waals surface area (Å²) in [5.74, 6) is 0.0676. The van der Waals surface area contributed by atoms with Gasteiger partial charge in [-0.1, -0.05) is 13.8 Å². The number of carbonyl (C=O) groups is 2. The summed E-state index contributed by atoms with van der Waals surface area (Å²) in [6.45, 7) is 4.01. The first-order chi connectivity index (χ1) is 7.88. The van der Waals surface area contributed by atoms with E-state index in [1.165, 1.54) is 4.90 Å². The second-order valence-corrected chi connectivity index (χ2v) is 4.81. The fraction of sp³-hybridized carbons (Fsp3) is 0.833. The van der Waals surface area contributed by atoms with Crippen molar-refractivity contribution in [2.45, 2.75) is 39.2 Å². The lowest BCUT2D eigenvalue weighted by atomic mass is 10.0. The first kappa shape index (κ1) is 15.9. The van der Waals surface area contributed by atoms with E-state index in [9.17, 15) is 9.59 Å². The monoisotopic (exact) mass is 244 g/mol. The molecule has 0 radical (unpaired) electrons. The maximum absolute atomic E-state index is 11.8. The minimum Gasteiger partial charge on any atom is -0.396 e. The number of likely N-dealkylation sites (N-methyl/N-ethyl adjacent to an activating group) is 1. The Kier molecular flexibility index (Phi) is 7.54. The van der Waals surface area contributed by atoms with Gasteiger partial charge >= 0.3 is 0 Å². The van der Waals surface area contributed by atoms with Crippen LogP contribution < -0.4 is 5.32 Å². The number of nitrogens with zero attached hydrogens (tertiary/aromatic N) is 1. The number of nitrogens with one attached hydrogen (secondary N) is 1. The van der Waals surface area contributed by atoms with E-state index in [0.29, 0.717) is 18.8 Å². The molecule has 0 bridgehead atoms. The van der Waals surface area contributed by atoms with Crippen LogP contribution in [0.2, 0.25) is 0 Å². The second kappa shape index (κ2) is 8.06. The van der Waals surface area contributed by atoms with Crippen molar-refractivity contribution in [2.24, 2.45) is 5.92 Å². The van der Waals surface area contributed by atoms with E-state index in [2.05, 4.69) is 5.32 Å². The van der Waals surface area contributed by atoms with Gasteiger partial charge in [-0.15, -0.1) is 0 Å². The minimum atomic E-state index is -0.462. The molecule has 0 aromatic rings. The third-order valence-corrected chi connectivity index (χ3v) is 2.34. The number of hydrogen-bond acceptors (Lipinski definition) is 3. The molecule has 0 saturated heterocycles. The zero-order chi connectivity index (χ0) is 13.4. The molecule has 5 nitrogen and oxygen atoms in total. The highest BCUT2D eigenvalue weighted by Gasteiger charge is 2.22. The summed E-state index contributed by atoms with van der Waals surface area (Å²) in [6.07, 6.45) is 1.31. The largest absolute Gasteiger partial charge is 0.396 e. The summed E-state index contributed by atoms with van der Waals surface area (Å²) >= 11 is 0. The highest BCUT2D eigenvalue weighted by Crippen LogP contribution is 2.07. The van der Waals surface area contributed by atoms with Crippen LogP contribution in [-0.2, 0) is 9.59 Å². The molecule has 0 aliphatic heterocycles. The van der Waals surface area contributed by atoms with E-state index in [1.807, 2.05) is 13.8 Å². The van der Waals surface area contributed by atoms with Crippen LogP contribution in [0.4, 0.5) is 0 Å². The molecule has 0 rings (SSSR count). The molecule has 2 N–H and O–H groups in total. The first-order valence-electron chi connectivity index (χ1n) is 5.99. The molecule has 0 aromatic heterocycles. The lowest BCUT2D eigenvalue weighted by molar-refractivity contribution is -0.134. The molecule has 0 aliphatic carbocycles. The zero-order valence-electron chi connectivity index (χ0n) is 11.2. The molecule has 0 heterocycles. The predicted molar refractivity (Wildman–Crippen MR) is 66.4 cm³/mol. The van der Waals surface area contributed by atoms with Gasteiger partial charge in [0.05, 0.1) is 0 Å². The van der Waals surface area contributed by atoms with Crippen LogP contribution in [0.25, 0.3) is 0 Å². The van der Waals surface area contributed by atoms with E-state index in [4.69, 9.17) is 5.11 Å². The molecule has 0 fully saturated rings. The first-order valence-corrected chi connectivity index (χ1v) is 5.99. The van der Waals surface area contributed by atoms with E-state index in [0.717, 1.165) is 0 Å². The normalized spacial score (nSPS) is 12.4. The number of aliphatic hydroxyl groups excluding tert-OH is 1. The van der Waals surface area contributed by atoms with Crippen LogP contribution in [0.3, 0.4) is 0 Å². The van der Waals surface area contributed by atoms with Gasteiger partial charge < -0.3 is 15.3 Å². The molecule has 0 spiro atoms. The Morgan fingerprint density at radius 2 is 1.88 bits per heavy atom. The number of amides is 2. The molecule has 0 saturated carbocycles. The summed E-state index contributed by atoms with van der Waals surface area (Å²) in [5.41, 5.74) is 0. The Morgan fingerprint density at radius 1 is 1.29 bits per heavy atom. The fourth-order valence-corrected chi connectivity index (χ4v) is 1.51. The van der Waals surface area contributed by atoms with Crippen molar-refractivity contribution >= 4 is 11.8 Å². The van der Waals surface area contributed by atoms with Gasteiger partial charge in [-0.25, -0.2) is 0 Å². The molecule has 1 unspecified atom stereocenters. The zero-order valence-corrected chi connectivity index (χ0v) is 11.2. The molecule has 5 heteroatoms. The highest BCUT2D eigenvalue weighted by molar-refractivity contribution is 5.87. The fourth-order valence-electron chi connectivity index (χ4n) is 1.51. The van der Waals surface area contributed by atoms with Crippen molar-refractivity contribution in [3.8, 4) is 0 Å². The lowest BCUT2D eigenvalue weighted by Crippen LogP contribution is -2.46. The Hall–Kier alpha value is -1.10. The average Bonchev–Trinajstić information content (AvgIpc) is 2.23. The summed E-state index contributed by atoms with van der Waals surface area (Å²) in [4.78, 5) is 24.9. The Labute approximate surface area is 103 Å². The van der Waals surface area contributed by atoms with Gasteiger partial charge in [0, 0.05) is 27.1 Å². The van der Waals surface area contributed by atoms with Crippen LogP contribution in [0, 0.1) is 5.92 Å². The Bertz CT molecular complexity index is 252. The second-order valence-electron chi connectivity index (χ2n) is 4.81. The van der Waals surface area contributed by atoms with E-state index >= 15 is 0 Å². The molecular formula is C12H24N2O3. The minimum absolute atomic E-state index is 0.0100. The molecule has 100 valence electrons. The van der Waals surface area contributed by atoms with Gasteiger partial charge in [0.25, 0.3) is 0 Å². The van der Waals surface area contributed by atoms with Crippen LogP contribution in [0.15, 0.2) is 0 Å². The van der Waals surface area contributed by atoms with Crippen molar-refractivity contribution in [2.75, 3.05) is 20.7 Å². The van der Waals surface area contributed by atoms with Crippen molar-refractivity contribution < 1.29 is 14.7 Å². The van der Waals surface area contributed by atoms with Crippen molar-refractivity contribution in [3.63, 3.8) is 0 Å². The summed E-state index contributed by atoms with van der Waals surface area (Å²) in [7, 11) is 3.35. The van der Waals surface area contributed by atoms with E-state index < -0.39 is 6.04 Å². The van der Waals surface area contributed by atoms with Gasteiger partial charge in [-0.3, -0.25) is 9.59 Å². The standard InChI is InChI=1S/C12H24N2O3/c1-9(2)8-10(12(17)14(3)4)13-11(16)6-5-7-15/h9-10,15H,5-8H2,1-4H3,(H,13,16). The topological polar surface area (TPSA) is 69.6 Å². The van der Waals surface area contributed by atoms with Crippen LogP contribution in [0.1, 0.15) is 33.1 Å². The quantitative estimate of drug-likeness (QED) is 0.680. The van der Waals surface area contributed by atoms with Crippen molar-refractivity contribution in [1.82, 2.24) is 10.2 Å². The molecule has 17 heavy (non-hydrogen) atoms. The molecule has 0 aromatic carbocycles. The summed E-state index contributed by atoms with van der Waals surface area (Å²) < 4.78 is 0. The third kappa shape index (κ3) is 6.94. The summed E-state index contributed by atoms with van der Waals surface area (Å²) in [5, 5.41) is 11.4. The lowest BCUT2D eigenvalue weighted by Gasteiger charge is -2.23. The SMILES string of the molecule is CC(C)CC(NC(=O)CCCO)C(=O)N(C)C. The van der Waals surface area contributed by atoms with Gasteiger partial charge in [-0.05, 0) is 18.8 Å². The van der Waals surface area contributed by atoms with Gasteiger partial charge in [0.2, 0.25) is 11.8 Å². The Morgan fingerprint density at radius 3 is 2.29 bits per heavy atom.